The highest BCUT2D eigenvalue weighted by Crippen LogP contribution is 2.33. The van der Waals surface area contributed by atoms with Gasteiger partial charge in [-0.3, -0.25) is 9.69 Å². The van der Waals surface area contributed by atoms with Gasteiger partial charge in [-0.1, -0.05) is 12.1 Å². The van der Waals surface area contributed by atoms with E-state index in [-0.39, 0.29) is 22.7 Å². The lowest BCUT2D eigenvalue weighted by atomic mass is 10.1. The van der Waals surface area contributed by atoms with Crippen molar-refractivity contribution in [3.05, 3.63) is 53.8 Å². The maximum Gasteiger partial charge on any atom is 0.243 e. The molecule has 8 nitrogen and oxygen atoms in total. The Hall–Kier alpha value is -2.69. The normalized spacial score (nSPS) is 18.2. The average molecular weight is 492 g/mol. The van der Waals surface area contributed by atoms with Crippen LogP contribution in [0.2, 0.25) is 0 Å². The van der Waals surface area contributed by atoms with Crippen LogP contribution in [0.3, 0.4) is 0 Å². The fourth-order valence-electron chi connectivity index (χ4n) is 4.08. The molecule has 10 heteroatoms. The van der Waals surface area contributed by atoms with Crippen molar-refractivity contribution in [3.63, 3.8) is 0 Å². The van der Waals surface area contributed by atoms with E-state index in [1.54, 1.807) is 24.3 Å². The molecule has 2 aromatic carbocycles. The van der Waals surface area contributed by atoms with Crippen molar-refractivity contribution in [1.29, 1.82) is 0 Å². The molecule has 1 amide bonds. The van der Waals surface area contributed by atoms with Gasteiger partial charge in [0.05, 0.1) is 24.2 Å². The van der Waals surface area contributed by atoms with E-state index in [2.05, 4.69) is 5.32 Å². The van der Waals surface area contributed by atoms with Gasteiger partial charge in [0, 0.05) is 45.2 Å². The van der Waals surface area contributed by atoms with Crippen molar-refractivity contribution in [2.24, 2.45) is 0 Å². The zero-order valence-electron chi connectivity index (χ0n) is 19.2. The summed E-state index contributed by atoms with van der Waals surface area (Å²) >= 11 is 0. The summed E-state index contributed by atoms with van der Waals surface area (Å²) in [5, 5.41) is 2.91. The summed E-state index contributed by atoms with van der Waals surface area (Å²) in [6.07, 6.45) is 1.36. The third-order valence-electron chi connectivity index (χ3n) is 6.18. The molecular formula is C24H30FN3O5S. The number of ether oxygens (including phenoxy) is 2. The molecule has 2 aliphatic rings. The van der Waals surface area contributed by atoms with E-state index in [1.807, 2.05) is 11.8 Å². The van der Waals surface area contributed by atoms with Crippen LogP contribution in [0.5, 0.6) is 11.5 Å². The van der Waals surface area contributed by atoms with E-state index in [1.165, 1.54) is 22.5 Å². The van der Waals surface area contributed by atoms with Gasteiger partial charge < -0.3 is 14.8 Å². The van der Waals surface area contributed by atoms with E-state index in [0.29, 0.717) is 63.9 Å². The molecular weight excluding hydrogens is 461 g/mol. The topological polar surface area (TPSA) is 88.2 Å². The lowest BCUT2D eigenvalue weighted by molar-refractivity contribution is -0.126. The van der Waals surface area contributed by atoms with Crippen LogP contribution >= 0.6 is 0 Å². The quantitative estimate of drug-likeness (QED) is 0.638. The predicted octanol–water partition coefficient (Wildman–Crippen LogP) is 2.04. The van der Waals surface area contributed by atoms with Crippen molar-refractivity contribution in [2.45, 2.75) is 30.7 Å². The minimum absolute atomic E-state index is 0.110. The van der Waals surface area contributed by atoms with Gasteiger partial charge in [-0.05, 0) is 43.2 Å². The number of carbonyl (C=O) groups is 1. The molecule has 2 aromatic rings. The smallest absolute Gasteiger partial charge is 0.243 e. The number of nitrogens with zero attached hydrogens (tertiary/aromatic N) is 2. The van der Waals surface area contributed by atoms with Crippen LogP contribution in [0.4, 0.5) is 4.39 Å². The zero-order chi connectivity index (χ0) is 24.1. The summed E-state index contributed by atoms with van der Waals surface area (Å²) in [5.74, 6) is 0.608. The molecule has 1 N–H and O–H groups in total. The molecule has 0 spiro atoms. The van der Waals surface area contributed by atoms with Gasteiger partial charge in [-0.25, -0.2) is 12.8 Å². The number of carbonyl (C=O) groups excluding carboxylic acids is 1. The molecule has 1 fully saturated rings. The van der Waals surface area contributed by atoms with Gasteiger partial charge in [0.15, 0.2) is 11.5 Å². The summed E-state index contributed by atoms with van der Waals surface area (Å²) in [7, 11) is -3.68. The number of piperazine rings is 1. The van der Waals surface area contributed by atoms with Crippen molar-refractivity contribution >= 4 is 15.9 Å². The van der Waals surface area contributed by atoms with Crippen LogP contribution in [0, 0.1) is 5.82 Å². The first-order chi connectivity index (χ1) is 16.3. The first-order valence-corrected chi connectivity index (χ1v) is 12.9. The lowest BCUT2D eigenvalue weighted by Crippen LogP contribution is -2.55. The number of hydrogen-bond acceptors (Lipinski definition) is 6. The van der Waals surface area contributed by atoms with Crippen molar-refractivity contribution < 1.29 is 27.1 Å². The van der Waals surface area contributed by atoms with Crippen LogP contribution in [0.1, 0.15) is 18.9 Å². The summed E-state index contributed by atoms with van der Waals surface area (Å²) in [6.45, 7) is 4.80. The number of rotatable bonds is 7. The molecule has 34 heavy (non-hydrogen) atoms. The standard InChI is InChI=1S/C24H30FN3O5S/c1-18(24(29)26-10-9-19-3-5-20(25)6-4-19)27-11-13-28(14-12-27)34(30,31)21-7-8-22-23(17-21)33-16-2-15-32-22/h3-8,17-18H,2,9-16H2,1H3,(H,26,29). The number of hydrogen-bond donors (Lipinski definition) is 1. The molecule has 1 atom stereocenters. The number of sulfonamides is 1. The van der Waals surface area contributed by atoms with Crippen molar-refractivity contribution in [3.8, 4) is 11.5 Å². The van der Waals surface area contributed by atoms with E-state index in [9.17, 15) is 17.6 Å². The van der Waals surface area contributed by atoms with Crippen molar-refractivity contribution in [1.82, 2.24) is 14.5 Å². The van der Waals surface area contributed by atoms with Gasteiger partial charge in [0.2, 0.25) is 15.9 Å². The predicted molar refractivity (Wildman–Crippen MR) is 125 cm³/mol. The van der Waals surface area contributed by atoms with E-state index in [4.69, 9.17) is 9.47 Å². The first-order valence-electron chi connectivity index (χ1n) is 11.5. The summed E-state index contributed by atoms with van der Waals surface area (Å²) < 4.78 is 52.0. The minimum Gasteiger partial charge on any atom is -0.490 e. The Morgan fingerprint density at radius 2 is 1.71 bits per heavy atom. The number of halogens is 1. The second-order valence-electron chi connectivity index (χ2n) is 8.44. The van der Waals surface area contributed by atoms with Crippen LogP contribution in [-0.2, 0) is 21.2 Å². The molecule has 0 saturated carbocycles. The molecule has 1 unspecified atom stereocenters. The van der Waals surface area contributed by atoms with Gasteiger partial charge in [0.25, 0.3) is 0 Å². The van der Waals surface area contributed by atoms with Gasteiger partial charge >= 0.3 is 0 Å². The number of fused-ring (bicyclic) bond motifs is 1. The molecule has 1 saturated heterocycles. The maximum atomic E-state index is 13.2. The highest BCUT2D eigenvalue weighted by atomic mass is 32.2. The SMILES string of the molecule is CC(C(=O)NCCc1ccc(F)cc1)N1CCN(S(=O)(=O)c2ccc3c(c2)OCCCO3)CC1. The number of nitrogens with one attached hydrogen (secondary N) is 1. The average Bonchev–Trinajstić information content (AvgIpc) is 3.10. The number of amides is 1. The molecule has 0 aromatic heterocycles. The summed E-state index contributed by atoms with van der Waals surface area (Å²) in [4.78, 5) is 14.7. The molecule has 4 rings (SSSR count). The highest BCUT2D eigenvalue weighted by Gasteiger charge is 2.32. The third-order valence-corrected chi connectivity index (χ3v) is 8.08. The largest absolute Gasteiger partial charge is 0.490 e. The summed E-state index contributed by atoms with van der Waals surface area (Å²) in [6, 6.07) is 10.5. The van der Waals surface area contributed by atoms with Gasteiger partial charge in [-0.2, -0.15) is 4.31 Å². The minimum atomic E-state index is -3.68. The molecule has 184 valence electrons. The first kappa shape index (κ1) is 24.4. The highest BCUT2D eigenvalue weighted by molar-refractivity contribution is 7.89. The van der Waals surface area contributed by atoms with Crippen LogP contribution in [0.25, 0.3) is 0 Å². The molecule has 0 bridgehead atoms. The van der Waals surface area contributed by atoms with Crippen LogP contribution < -0.4 is 14.8 Å². The summed E-state index contributed by atoms with van der Waals surface area (Å²) in [5.41, 5.74) is 0.947. The lowest BCUT2D eigenvalue weighted by Gasteiger charge is -2.36. The van der Waals surface area contributed by atoms with E-state index >= 15 is 0 Å². The number of benzene rings is 2. The van der Waals surface area contributed by atoms with E-state index < -0.39 is 10.0 Å². The van der Waals surface area contributed by atoms with Gasteiger partial charge in [0.1, 0.15) is 5.82 Å². The molecule has 0 radical (unpaired) electrons. The Balaban J connectivity index is 1.29. The van der Waals surface area contributed by atoms with Crippen LogP contribution in [-0.4, -0.2) is 75.5 Å². The zero-order valence-corrected chi connectivity index (χ0v) is 20.0. The Bertz CT molecular complexity index is 1100. The third kappa shape index (κ3) is 5.68. The monoisotopic (exact) mass is 491 g/mol. The Morgan fingerprint density at radius 3 is 2.41 bits per heavy atom. The fourth-order valence-corrected chi connectivity index (χ4v) is 5.52. The van der Waals surface area contributed by atoms with Crippen molar-refractivity contribution in [2.75, 3.05) is 45.9 Å². The Kier molecular flexibility index (Phi) is 7.70. The molecule has 0 aliphatic carbocycles. The second-order valence-corrected chi connectivity index (χ2v) is 10.4. The fraction of sp³-hybridized carbons (Fsp3) is 0.458. The second kappa shape index (κ2) is 10.7. The van der Waals surface area contributed by atoms with Gasteiger partial charge in [-0.15, -0.1) is 0 Å². The maximum absolute atomic E-state index is 13.2. The van der Waals surface area contributed by atoms with Crippen LogP contribution in [0.15, 0.2) is 47.4 Å². The van der Waals surface area contributed by atoms with E-state index in [0.717, 1.165) is 12.0 Å². The molecule has 2 aliphatic heterocycles. The Labute approximate surface area is 199 Å². The Morgan fingerprint density at radius 1 is 1.03 bits per heavy atom. The molecule has 2 heterocycles.